The van der Waals surface area contributed by atoms with Crippen LogP contribution in [0.15, 0.2) is 28.7 Å². The van der Waals surface area contributed by atoms with Gasteiger partial charge in [0.2, 0.25) is 0 Å². The molecule has 0 bridgehead atoms. The Bertz CT molecular complexity index is 306. The lowest BCUT2D eigenvalue weighted by Crippen LogP contribution is -2.11. The number of hydrogen-bond donors (Lipinski definition) is 1. The summed E-state index contributed by atoms with van der Waals surface area (Å²) in [7, 11) is 0. The molecule has 1 aromatic carbocycles. The van der Waals surface area contributed by atoms with Gasteiger partial charge in [0.15, 0.2) is 0 Å². The van der Waals surface area contributed by atoms with Crippen LogP contribution in [-0.4, -0.2) is 44.7 Å². The van der Waals surface area contributed by atoms with Gasteiger partial charge in [0.25, 0.3) is 0 Å². The van der Waals surface area contributed by atoms with Crippen LogP contribution in [0, 0.1) is 0 Å². The third-order valence-electron chi connectivity index (χ3n) is 1.90. The first kappa shape index (κ1) is 14.4. The Balaban J connectivity index is 1.97. The molecule has 0 unspecified atom stereocenters. The standard InChI is InChI=1S/C12H17BrO4/c13-11-2-1-3-12(10-11)17-9-8-16-7-6-15-5-4-14/h1-3,10,14H,4-9H2. The lowest BCUT2D eigenvalue weighted by atomic mass is 10.3. The van der Waals surface area contributed by atoms with Crippen LogP contribution in [0.1, 0.15) is 0 Å². The molecule has 0 aromatic heterocycles. The van der Waals surface area contributed by atoms with E-state index < -0.39 is 0 Å². The number of ether oxygens (including phenoxy) is 3. The van der Waals surface area contributed by atoms with E-state index in [9.17, 15) is 0 Å². The summed E-state index contributed by atoms with van der Waals surface area (Å²) < 4.78 is 16.8. The maximum atomic E-state index is 8.47. The fourth-order valence-electron chi connectivity index (χ4n) is 1.16. The second-order valence-electron chi connectivity index (χ2n) is 3.25. The van der Waals surface area contributed by atoms with Gasteiger partial charge in [-0.3, -0.25) is 0 Å². The van der Waals surface area contributed by atoms with E-state index in [1.807, 2.05) is 24.3 Å². The van der Waals surface area contributed by atoms with E-state index in [0.717, 1.165) is 10.2 Å². The highest BCUT2D eigenvalue weighted by Gasteiger charge is 1.95. The molecule has 1 N–H and O–H groups in total. The molecule has 0 aliphatic heterocycles. The van der Waals surface area contributed by atoms with E-state index in [1.165, 1.54) is 0 Å². The minimum absolute atomic E-state index is 0.0476. The molecule has 0 aliphatic carbocycles. The maximum Gasteiger partial charge on any atom is 0.120 e. The van der Waals surface area contributed by atoms with Crippen LogP contribution in [0.2, 0.25) is 0 Å². The topological polar surface area (TPSA) is 47.9 Å². The van der Waals surface area contributed by atoms with Crippen molar-refractivity contribution in [2.24, 2.45) is 0 Å². The first-order chi connectivity index (χ1) is 8.33. The van der Waals surface area contributed by atoms with Crippen LogP contribution in [-0.2, 0) is 9.47 Å². The molecule has 0 radical (unpaired) electrons. The zero-order valence-corrected chi connectivity index (χ0v) is 11.2. The van der Waals surface area contributed by atoms with E-state index in [4.69, 9.17) is 19.3 Å². The van der Waals surface area contributed by atoms with E-state index in [2.05, 4.69) is 15.9 Å². The maximum absolute atomic E-state index is 8.47. The second kappa shape index (κ2) is 9.41. The number of halogens is 1. The van der Waals surface area contributed by atoms with Gasteiger partial charge in [0, 0.05) is 4.47 Å². The van der Waals surface area contributed by atoms with Crippen LogP contribution in [0.4, 0.5) is 0 Å². The molecule has 0 saturated carbocycles. The van der Waals surface area contributed by atoms with Crippen LogP contribution in [0.3, 0.4) is 0 Å². The van der Waals surface area contributed by atoms with Crippen molar-refractivity contribution in [3.8, 4) is 5.75 Å². The summed E-state index contributed by atoms with van der Waals surface area (Å²) in [6.45, 7) is 2.45. The van der Waals surface area contributed by atoms with Gasteiger partial charge in [-0.1, -0.05) is 22.0 Å². The molecule has 0 aliphatic rings. The van der Waals surface area contributed by atoms with E-state index >= 15 is 0 Å². The van der Waals surface area contributed by atoms with Crippen LogP contribution in [0.5, 0.6) is 5.75 Å². The average Bonchev–Trinajstić information content (AvgIpc) is 2.33. The predicted octanol–water partition coefficient (Wildman–Crippen LogP) is 1.85. The van der Waals surface area contributed by atoms with Crippen molar-refractivity contribution in [2.75, 3.05) is 39.6 Å². The Morgan fingerprint density at radius 2 is 1.71 bits per heavy atom. The third-order valence-corrected chi connectivity index (χ3v) is 2.39. The normalized spacial score (nSPS) is 10.5. The number of hydrogen-bond acceptors (Lipinski definition) is 4. The highest BCUT2D eigenvalue weighted by Crippen LogP contribution is 2.17. The third kappa shape index (κ3) is 7.33. The zero-order chi connectivity index (χ0) is 12.3. The van der Waals surface area contributed by atoms with Crippen molar-refractivity contribution in [1.29, 1.82) is 0 Å². The highest BCUT2D eigenvalue weighted by atomic mass is 79.9. The van der Waals surface area contributed by atoms with Gasteiger partial charge in [-0.25, -0.2) is 0 Å². The zero-order valence-electron chi connectivity index (χ0n) is 9.60. The fourth-order valence-corrected chi connectivity index (χ4v) is 1.54. The lowest BCUT2D eigenvalue weighted by Gasteiger charge is -2.07. The molecule has 4 nitrogen and oxygen atoms in total. The van der Waals surface area contributed by atoms with Crippen LogP contribution in [0.25, 0.3) is 0 Å². The van der Waals surface area contributed by atoms with E-state index in [-0.39, 0.29) is 6.61 Å². The van der Waals surface area contributed by atoms with Crippen molar-refractivity contribution >= 4 is 15.9 Å². The van der Waals surface area contributed by atoms with Gasteiger partial charge < -0.3 is 19.3 Å². The van der Waals surface area contributed by atoms with Crippen molar-refractivity contribution < 1.29 is 19.3 Å². The first-order valence-electron chi connectivity index (χ1n) is 5.47. The summed E-state index contributed by atoms with van der Waals surface area (Å²) in [5.41, 5.74) is 0. The molecule has 1 rings (SSSR count). The van der Waals surface area contributed by atoms with Gasteiger partial charge in [0.1, 0.15) is 12.4 Å². The van der Waals surface area contributed by atoms with Gasteiger partial charge in [-0.2, -0.15) is 0 Å². The molecular formula is C12H17BrO4. The number of aliphatic hydroxyl groups excluding tert-OH is 1. The summed E-state index contributed by atoms with van der Waals surface area (Å²) in [6, 6.07) is 7.67. The largest absolute Gasteiger partial charge is 0.491 e. The fraction of sp³-hybridized carbons (Fsp3) is 0.500. The SMILES string of the molecule is OCCOCCOCCOc1cccc(Br)c1. The highest BCUT2D eigenvalue weighted by molar-refractivity contribution is 9.10. The molecule has 0 saturated heterocycles. The molecule has 0 fully saturated rings. The van der Waals surface area contributed by atoms with Gasteiger partial charge in [0.05, 0.1) is 33.0 Å². The van der Waals surface area contributed by atoms with Crippen LogP contribution >= 0.6 is 15.9 Å². The molecule has 1 aromatic rings. The summed E-state index contributed by atoms with van der Waals surface area (Å²) in [5.74, 6) is 0.819. The van der Waals surface area contributed by atoms with Gasteiger partial charge in [-0.15, -0.1) is 0 Å². The Morgan fingerprint density at radius 1 is 1.00 bits per heavy atom. The van der Waals surface area contributed by atoms with Crippen molar-refractivity contribution in [1.82, 2.24) is 0 Å². The Hall–Kier alpha value is -0.620. The molecule has 0 atom stereocenters. The van der Waals surface area contributed by atoms with E-state index in [0.29, 0.717) is 33.0 Å². The average molecular weight is 305 g/mol. The van der Waals surface area contributed by atoms with Gasteiger partial charge in [-0.05, 0) is 18.2 Å². The molecule has 17 heavy (non-hydrogen) atoms. The monoisotopic (exact) mass is 304 g/mol. The molecule has 0 heterocycles. The lowest BCUT2D eigenvalue weighted by molar-refractivity contribution is 0.0247. The van der Waals surface area contributed by atoms with Crippen molar-refractivity contribution in [3.05, 3.63) is 28.7 Å². The van der Waals surface area contributed by atoms with Crippen molar-refractivity contribution in [2.45, 2.75) is 0 Å². The summed E-state index contributed by atoms with van der Waals surface area (Å²) in [4.78, 5) is 0. The quantitative estimate of drug-likeness (QED) is 0.707. The Labute approximate surface area is 110 Å². The predicted molar refractivity (Wildman–Crippen MR) is 68.4 cm³/mol. The number of benzene rings is 1. The molecule has 0 spiro atoms. The van der Waals surface area contributed by atoms with Gasteiger partial charge >= 0.3 is 0 Å². The Morgan fingerprint density at radius 3 is 2.41 bits per heavy atom. The summed E-state index contributed by atoms with van der Waals surface area (Å²) >= 11 is 3.37. The van der Waals surface area contributed by atoms with Crippen LogP contribution < -0.4 is 4.74 Å². The Kier molecular flexibility index (Phi) is 8.00. The second-order valence-corrected chi connectivity index (χ2v) is 4.17. The molecule has 5 heteroatoms. The number of rotatable bonds is 9. The smallest absolute Gasteiger partial charge is 0.120 e. The van der Waals surface area contributed by atoms with Crippen molar-refractivity contribution in [3.63, 3.8) is 0 Å². The number of aliphatic hydroxyl groups is 1. The minimum atomic E-state index is 0.0476. The van der Waals surface area contributed by atoms with E-state index in [1.54, 1.807) is 0 Å². The minimum Gasteiger partial charge on any atom is -0.491 e. The molecular weight excluding hydrogens is 288 g/mol. The molecule has 96 valence electrons. The first-order valence-corrected chi connectivity index (χ1v) is 6.27. The summed E-state index contributed by atoms with van der Waals surface area (Å²) in [6.07, 6.45) is 0. The summed E-state index contributed by atoms with van der Waals surface area (Å²) in [5, 5.41) is 8.47. The molecule has 0 amide bonds.